The molecular formula is C30H22F3N3O5S. The van der Waals surface area contributed by atoms with Crippen LogP contribution in [0.2, 0.25) is 0 Å². The number of aromatic carboxylic acids is 1. The van der Waals surface area contributed by atoms with Gasteiger partial charge in [-0.05, 0) is 47.0 Å². The normalized spacial score (nSPS) is 10.9. The number of aliphatic carboxylic acids is 1. The van der Waals surface area contributed by atoms with Gasteiger partial charge in [-0.2, -0.15) is 13.2 Å². The van der Waals surface area contributed by atoms with Gasteiger partial charge in [-0.1, -0.05) is 48.5 Å². The van der Waals surface area contributed by atoms with Gasteiger partial charge < -0.3 is 15.5 Å². The second-order valence-electron chi connectivity index (χ2n) is 8.85. The number of nitrogens with one attached hydrogen (secondary N) is 1. The number of fused-ring (bicyclic) bond motifs is 1. The Morgan fingerprint density at radius 2 is 1.57 bits per heavy atom. The zero-order valence-electron chi connectivity index (χ0n) is 21.6. The van der Waals surface area contributed by atoms with Crippen LogP contribution in [0, 0.1) is 0 Å². The van der Waals surface area contributed by atoms with E-state index in [0.717, 1.165) is 38.0 Å². The van der Waals surface area contributed by atoms with E-state index < -0.39 is 18.1 Å². The van der Waals surface area contributed by atoms with Gasteiger partial charge in [-0.15, -0.1) is 11.3 Å². The molecule has 42 heavy (non-hydrogen) atoms. The molecule has 214 valence electrons. The van der Waals surface area contributed by atoms with Crippen LogP contribution in [-0.2, 0) is 22.6 Å². The second kappa shape index (κ2) is 13.0. The van der Waals surface area contributed by atoms with Crippen molar-refractivity contribution in [2.75, 3.05) is 0 Å². The summed E-state index contributed by atoms with van der Waals surface area (Å²) in [5, 5.41) is 19.9. The van der Waals surface area contributed by atoms with Crippen molar-refractivity contribution in [2.24, 2.45) is 0 Å². The van der Waals surface area contributed by atoms with Crippen molar-refractivity contribution < 1.29 is 37.8 Å². The van der Waals surface area contributed by atoms with Crippen LogP contribution in [0.4, 0.5) is 13.2 Å². The number of carbonyl (C=O) groups is 3. The first-order chi connectivity index (χ1) is 20.0. The fourth-order valence-corrected chi connectivity index (χ4v) is 4.94. The molecule has 5 aromatic rings. The van der Waals surface area contributed by atoms with Gasteiger partial charge in [-0.3, -0.25) is 9.78 Å². The van der Waals surface area contributed by atoms with Gasteiger partial charge in [-0.25, -0.2) is 14.6 Å². The Morgan fingerprint density at radius 3 is 2.21 bits per heavy atom. The summed E-state index contributed by atoms with van der Waals surface area (Å²) in [6.07, 6.45) is -1.38. The molecular weight excluding hydrogens is 571 g/mol. The third-order valence-electron chi connectivity index (χ3n) is 5.84. The minimum Gasteiger partial charge on any atom is -0.478 e. The second-order valence-corrected chi connectivity index (χ2v) is 9.96. The minimum absolute atomic E-state index is 0.144. The van der Waals surface area contributed by atoms with Gasteiger partial charge in [0.15, 0.2) is 0 Å². The first-order valence-electron chi connectivity index (χ1n) is 12.3. The topological polar surface area (TPSA) is 129 Å². The maximum absolute atomic E-state index is 12.7. The fraction of sp³-hybridized carbons (Fsp3) is 0.100. The summed E-state index contributed by atoms with van der Waals surface area (Å²) in [5.74, 6) is -3.92. The number of carboxylic acids is 2. The monoisotopic (exact) mass is 593 g/mol. The molecule has 8 nitrogen and oxygen atoms in total. The summed E-state index contributed by atoms with van der Waals surface area (Å²) in [4.78, 5) is 41.8. The third-order valence-corrected chi connectivity index (χ3v) is 6.84. The lowest BCUT2D eigenvalue weighted by atomic mass is 9.99. The molecule has 3 N–H and O–H groups in total. The van der Waals surface area contributed by atoms with Crippen LogP contribution in [0.5, 0.6) is 0 Å². The van der Waals surface area contributed by atoms with E-state index in [1.807, 2.05) is 36.5 Å². The number of alkyl halides is 3. The van der Waals surface area contributed by atoms with E-state index in [1.165, 1.54) is 17.4 Å². The highest BCUT2D eigenvalue weighted by atomic mass is 32.1. The Balaban J connectivity index is 0.000000517. The van der Waals surface area contributed by atoms with Crippen LogP contribution < -0.4 is 5.32 Å². The molecule has 0 aliphatic carbocycles. The maximum Gasteiger partial charge on any atom is 0.490 e. The zero-order chi connectivity index (χ0) is 30.3. The molecule has 0 saturated heterocycles. The molecule has 5 rings (SSSR count). The summed E-state index contributed by atoms with van der Waals surface area (Å²) in [7, 11) is 0. The molecule has 0 fully saturated rings. The van der Waals surface area contributed by atoms with Crippen LogP contribution in [0.15, 0.2) is 91.3 Å². The largest absolute Gasteiger partial charge is 0.490 e. The standard InChI is InChI=1S/C28H21N3O3S.C2HF3O2/c32-25(30-16-18-6-4-9-20(12-18)28(33)34)15-26-31-27-23(21-10-5-11-29-17-21)13-22(14-24(27)35-26)19-7-2-1-3-8-19;3-2(4,5)1(6)7/h1-14,17H,15-16H2,(H,30,32)(H,33,34);(H,6,7). The Morgan fingerprint density at radius 1 is 0.857 bits per heavy atom. The number of benzene rings is 3. The van der Waals surface area contributed by atoms with Crippen molar-refractivity contribution in [3.8, 4) is 22.3 Å². The summed E-state index contributed by atoms with van der Waals surface area (Å²) in [6, 6.07) is 24.8. The minimum atomic E-state index is -5.08. The van der Waals surface area contributed by atoms with Crippen LogP contribution >= 0.6 is 11.3 Å². The highest BCUT2D eigenvalue weighted by molar-refractivity contribution is 7.18. The molecule has 0 saturated carbocycles. The van der Waals surface area contributed by atoms with E-state index in [0.29, 0.717) is 5.01 Å². The molecule has 2 heterocycles. The lowest BCUT2D eigenvalue weighted by molar-refractivity contribution is -0.192. The van der Waals surface area contributed by atoms with Crippen molar-refractivity contribution in [1.29, 1.82) is 0 Å². The van der Waals surface area contributed by atoms with Crippen LogP contribution in [0.1, 0.15) is 20.9 Å². The Hall–Kier alpha value is -5.10. The SMILES string of the molecule is O=C(Cc1nc2c(-c3cccnc3)cc(-c3ccccc3)cc2s1)NCc1cccc(C(=O)O)c1.O=C(O)C(F)(F)F. The number of hydrogen-bond donors (Lipinski definition) is 3. The van der Waals surface area contributed by atoms with Crippen molar-refractivity contribution >= 4 is 39.4 Å². The molecule has 0 unspecified atom stereocenters. The van der Waals surface area contributed by atoms with Gasteiger partial charge >= 0.3 is 18.1 Å². The van der Waals surface area contributed by atoms with Gasteiger partial charge in [0.05, 0.1) is 22.2 Å². The van der Waals surface area contributed by atoms with Crippen molar-refractivity contribution in [3.05, 3.63) is 107 Å². The highest BCUT2D eigenvalue weighted by Gasteiger charge is 2.38. The van der Waals surface area contributed by atoms with Gasteiger partial charge in [0, 0.05) is 30.1 Å². The molecule has 0 radical (unpaired) electrons. The maximum atomic E-state index is 12.7. The third kappa shape index (κ3) is 7.76. The van der Waals surface area contributed by atoms with Gasteiger partial charge in [0.1, 0.15) is 5.01 Å². The van der Waals surface area contributed by atoms with E-state index in [9.17, 15) is 22.8 Å². The molecule has 3 aromatic carbocycles. The first kappa shape index (κ1) is 29.9. The molecule has 0 bridgehead atoms. The number of nitrogens with zero attached hydrogens (tertiary/aromatic N) is 2. The predicted octanol–water partition coefficient (Wildman–Crippen LogP) is 6.22. The smallest absolute Gasteiger partial charge is 0.478 e. The van der Waals surface area contributed by atoms with E-state index in [-0.39, 0.29) is 24.4 Å². The lowest BCUT2D eigenvalue weighted by Gasteiger charge is -2.07. The van der Waals surface area contributed by atoms with Gasteiger partial charge in [0.2, 0.25) is 5.91 Å². The predicted molar refractivity (Wildman–Crippen MR) is 151 cm³/mol. The van der Waals surface area contributed by atoms with E-state index in [2.05, 4.69) is 34.6 Å². The number of pyridine rings is 1. The Kier molecular flexibility index (Phi) is 9.28. The average Bonchev–Trinajstić information content (AvgIpc) is 3.38. The fourth-order valence-electron chi connectivity index (χ4n) is 3.91. The van der Waals surface area contributed by atoms with Crippen molar-refractivity contribution in [2.45, 2.75) is 19.1 Å². The number of thiazole rings is 1. The molecule has 0 atom stereocenters. The average molecular weight is 594 g/mol. The molecule has 0 aliphatic rings. The molecule has 0 spiro atoms. The number of halogens is 3. The summed E-state index contributed by atoms with van der Waals surface area (Å²) >= 11 is 1.50. The highest BCUT2D eigenvalue weighted by Crippen LogP contribution is 2.36. The molecule has 2 aromatic heterocycles. The summed E-state index contributed by atoms with van der Waals surface area (Å²) < 4.78 is 32.7. The summed E-state index contributed by atoms with van der Waals surface area (Å²) in [5.41, 5.74) is 5.90. The first-order valence-corrected chi connectivity index (χ1v) is 13.1. The van der Waals surface area contributed by atoms with Crippen LogP contribution in [0.3, 0.4) is 0 Å². The zero-order valence-corrected chi connectivity index (χ0v) is 22.4. The lowest BCUT2D eigenvalue weighted by Crippen LogP contribution is -2.24. The molecule has 0 aliphatic heterocycles. The van der Waals surface area contributed by atoms with Gasteiger partial charge in [0.25, 0.3) is 0 Å². The number of hydrogen-bond acceptors (Lipinski definition) is 6. The van der Waals surface area contributed by atoms with Crippen LogP contribution in [-0.4, -0.2) is 44.2 Å². The summed E-state index contributed by atoms with van der Waals surface area (Å²) in [6.45, 7) is 0.254. The number of carbonyl (C=O) groups excluding carboxylic acids is 1. The van der Waals surface area contributed by atoms with Crippen LogP contribution in [0.25, 0.3) is 32.5 Å². The van der Waals surface area contributed by atoms with E-state index in [1.54, 1.807) is 24.4 Å². The number of aromatic nitrogens is 2. The quantitative estimate of drug-likeness (QED) is 0.204. The van der Waals surface area contributed by atoms with E-state index >= 15 is 0 Å². The molecule has 12 heteroatoms. The Labute approximate surface area is 241 Å². The number of carboxylic acid groups (broad SMARTS) is 2. The van der Waals surface area contributed by atoms with Crippen molar-refractivity contribution in [3.63, 3.8) is 0 Å². The number of rotatable bonds is 7. The number of amides is 1. The molecule has 1 amide bonds. The van der Waals surface area contributed by atoms with Crippen molar-refractivity contribution in [1.82, 2.24) is 15.3 Å². The van der Waals surface area contributed by atoms with E-state index in [4.69, 9.17) is 20.0 Å². The Bertz CT molecular complexity index is 1730.